The van der Waals surface area contributed by atoms with Crippen molar-refractivity contribution in [1.82, 2.24) is 0 Å². The molecule has 1 unspecified atom stereocenters. The zero-order valence-corrected chi connectivity index (χ0v) is 20.5. The van der Waals surface area contributed by atoms with E-state index in [0.717, 1.165) is 16.7 Å². The fourth-order valence-corrected chi connectivity index (χ4v) is 4.68. The van der Waals surface area contributed by atoms with E-state index in [4.69, 9.17) is 4.74 Å². The van der Waals surface area contributed by atoms with Crippen LogP contribution in [0.3, 0.4) is 0 Å². The van der Waals surface area contributed by atoms with Gasteiger partial charge < -0.3 is 14.9 Å². The van der Waals surface area contributed by atoms with Crippen molar-refractivity contribution in [3.05, 3.63) is 94.1 Å². The molecule has 0 aromatic heterocycles. The molecule has 6 heteroatoms. The fourth-order valence-electron chi connectivity index (χ4n) is 4.68. The van der Waals surface area contributed by atoms with Crippen molar-refractivity contribution in [2.24, 2.45) is 0 Å². The summed E-state index contributed by atoms with van der Waals surface area (Å²) in [7, 11) is 1.50. The summed E-state index contributed by atoms with van der Waals surface area (Å²) in [4.78, 5) is 28.1. The molecule has 0 radical (unpaired) electrons. The molecule has 4 rings (SSSR count). The lowest BCUT2D eigenvalue weighted by Crippen LogP contribution is -2.29. The number of ketones is 1. The summed E-state index contributed by atoms with van der Waals surface area (Å²) in [5, 5.41) is 21.7. The minimum atomic E-state index is -0.933. The Morgan fingerprint density at radius 1 is 1.00 bits per heavy atom. The molecule has 1 fully saturated rings. The number of phenols is 1. The van der Waals surface area contributed by atoms with Gasteiger partial charge in [-0.15, -0.1) is 0 Å². The number of methoxy groups -OCH3 is 1. The Morgan fingerprint density at radius 2 is 1.69 bits per heavy atom. The number of aliphatic hydroxyl groups excluding tert-OH is 1. The average Bonchev–Trinajstić information content (AvgIpc) is 3.08. The Bertz CT molecular complexity index is 1340. The second kappa shape index (κ2) is 9.29. The zero-order chi connectivity index (χ0) is 25.4. The molecule has 0 saturated carbocycles. The highest BCUT2D eigenvalue weighted by Gasteiger charge is 2.47. The van der Waals surface area contributed by atoms with Gasteiger partial charge in [0, 0.05) is 5.69 Å². The number of ether oxygens (including phenoxy) is 1. The average molecular weight is 472 g/mol. The summed E-state index contributed by atoms with van der Waals surface area (Å²) in [6, 6.07) is 16.5. The largest absolute Gasteiger partial charge is 0.508 e. The number of carbonyl (C=O) groups is 2. The van der Waals surface area contributed by atoms with Gasteiger partial charge in [0.05, 0.1) is 24.3 Å². The highest BCUT2D eigenvalue weighted by molar-refractivity contribution is 6.51. The molecule has 1 aliphatic rings. The zero-order valence-electron chi connectivity index (χ0n) is 20.5. The number of rotatable bonds is 5. The van der Waals surface area contributed by atoms with Crippen LogP contribution in [0.15, 0.2) is 66.2 Å². The monoisotopic (exact) mass is 471 g/mol. The molecule has 180 valence electrons. The molecule has 1 amide bonds. The number of nitrogens with zero attached hydrogens (tertiary/aromatic N) is 1. The Morgan fingerprint density at radius 3 is 2.29 bits per heavy atom. The summed E-state index contributed by atoms with van der Waals surface area (Å²) < 4.78 is 5.54. The normalized spacial score (nSPS) is 17.3. The van der Waals surface area contributed by atoms with Gasteiger partial charge in [0.2, 0.25) is 0 Å². The predicted octanol–water partition coefficient (Wildman–Crippen LogP) is 5.77. The Balaban J connectivity index is 1.98. The van der Waals surface area contributed by atoms with Gasteiger partial charge in [0.15, 0.2) is 0 Å². The van der Waals surface area contributed by atoms with Crippen molar-refractivity contribution in [2.45, 2.75) is 39.7 Å². The number of anilines is 1. The smallest absolute Gasteiger partial charge is 0.300 e. The van der Waals surface area contributed by atoms with Gasteiger partial charge >= 0.3 is 0 Å². The quantitative estimate of drug-likeness (QED) is 0.280. The number of carbonyl (C=O) groups excluding carboxylic acids is 2. The molecule has 3 aromatic carbocycles. The van der Waals surface area contributed by atoms with E-state index in [1.807, 2.05) is 32.0 Å². The van der Waals surface area contributed by atoms with Crippen molar-refractivity contribution < 1.29 is 24.5 Å². The SMILES string of the molecule is COc1c(C)cc(C)cc1/C(O)=C1\C(=O)C(=O)N(c2ccc(C(C)C)cc2)C1c1cccc(O)c1. The van der Waals surface area contributed by atoms with Crippen LogP contribution in [0.4, 0.5) is 5.69 Å². The molecule has 0 bridgehead atoms. The van der Waals surface area contributed by atoms with Gasteiger partial charge in [-0.25, -0.2) is 0 Å². The van der Waals surface area contributed by atoms with Crippen LogP contribution < -0.4 is 9.64 Å². The number of hydrogen-bond acceptors (Lipinski definition) is 5. The third-order valence-electron chi connectivity index (χ3n) is 6.35. The number of Topliss-reactive ketones (excluding diaryl/α,β-unsaturated/α-hetero) is 1. The van der Waals surface area contributed by atoms with Crippen LogP contribution in [0.25, 0.3) is 5.76 Å². The minimum Gasteiger partial charge on any atom is -0.508 e. The van der Waals surface area contributed by atoms with Crippen LogP contribution in [0, 0.1) is 13.8 Å². The van der Waals surface area contributed by atoms with Crippen LogP contribution in [0.2, 0.25) is 0 Å². The number of aliphatic hydroxyl groups is 1. The van der Waals surface area contributed by atoms with E-state index in [1.165, 1.54) is 24.1 Å². The summed E-state index contributed by atoms with van der Waals surface area (Å²) in [6.45, 7) is 7.88. The Hall–Kier alpha value is -4.06. The molecule has 6 nitrogen and oxygen atoms in total. The Kier molecular flexibility index (Phi) is 6.39. The van der Waals surface area contributed by atoms with Gasteiger partial charge in [-0.1, -0.05) is 44.2 Å². The van der Waals surface area contributed by atoms with E-state index in [1.54, 1.807) is 30.3 Å². The van der Waals surface area contributed by atoms with Crippen LogP contribution in [-0.4, -0.2) is 29.0 Å². The maximum absolute atomic E-state index is 13.4. The second-order valence-electron chi connectivity index (χ2n) is 9.17. The van der Waals surface area contributed by atoms with Crippen LogP contribution in [-0.2, 0) is 9.59 Å². The Labute approximate surface area is 205 Å². The van der Waals surface area contributed by atoms with Gasteiger partial charge in [-0.05, 0) is 72.4 Å². The van der Waals surface area contributed by atoms with Crippen molar-refractivity contribution in [1.29, 1.82) is 0 Å². The number of benzene rings is 3. The van der Waals surface area contributed by atoms with E-state index in [-0.39, 0.29) is 17.1 Å². The number of hydrogen-bond donors (Lipinski definition) is 2. The molecule has 1 heterocycles. The molecule has 1 aliphatic heterocycles. The predicted molar refractivity (Wildman–Crippen MR) is 136 cm³/mol. The first kappa shape index (κ1) is 24.1. The van der Waals surface area contributed by atoms with Crippen molar-refractivity contribution >= 4 is 23.1 Å². The first-order valence-electron chi connectivity index (χ1n) is 11.5. The van der Waals surface area contributed by atoms with E-state index in [0.29, 0.717) is 28.5 Å². The second-order valence-corrected chi connectivity index (χ2v) is 9.17. The minimum absolute atomic E-state index is 0.00720. The highest BCUT2D eigenvalue weighted by atomic mass is 16.5. The first-order valence-corrected chi connectivity index (χ1v) is 11.5. The standard InChI is InChI=1S/C29H29NO5/c1-16(2)19-9-11-21(12-10-19)30-25(20-7-6-8-22(31)15-20)24(27(33)29(30)34)26(32)23-14-17(3)13-18(4)28(23)35-5/h6-16,25,31-32H,1-5H3/b26-24+. The maximum atomic E-state index is 13.4. The van der Waals surface area contributed by atoms with Crippen LogP contribution >= 0.6 is 0 Å². The molecule has 0 aliphatic carbocycles. The number of phenolic OH excluding ortho intramolecular Hbond substituents is 1. The summed E-state index contributed by atoms with van der Waals surface area (Å²) >= 11 is 0. The van der Waals surface area contributed by atoms with Gasteiger partial charge in [-0.3, -0.25) is 14.5 Å². The summed E-state index contributed by atoms with van der Waals surface area (Å²) in [5.41, 5.74) is 4.07. The van der Waals surface area contributed by atoms with E-state index >= 15 is 0 Å². The van der Waals surface area contributed by atoms with Gasteiger partial charge in [0.25, 0.3) is 11.7 Å². The lowest BCUT2D eigenvalue weighted by molar-refractivity contribution is -0.132. The lowest BCUT2D eigenvalue weighted by Gasteiger charge is -2.26. The summed E-state index contributed by atoms with van der Waals surface area (Å²) in [6.07, 6.45) is 0. The molecular weight excluding hydrogens is 442 g/mol. The number of aryl methyl sites for hydroxylation is 2. The molecule has 3 aromatic rings. The fraction of sp³-hybridized carbons (Fsp3) is 0.241. The molecule has 2 N–H and O–H groups in total. The highest BCUT2D eigenvalue weighted by Crippen LogP contribution is 2.44. The van der Waals surface area contributed by atoms with Crippen LogP contribution in [0.5, 0.6) is 11.5 Å². The molecular formula is C29H29NO5. The van der Waals surface area contributed by atoms with Crippen LogP contribution in [0.1, 0.15) is 53.6 Å². The van der Waals surface area contributed by atoms with E-state index < -0.39 is 17.7 Å². The topological polar surface area (TPSA) is 87.1 Å². The first-order chi connectivity index (χ1) is 16.6. The van der Waals surface area contributed by atoms with Gasteiger partial charge in [0.1, 0.15) is 17.3 Å². The van der Waals surface area contributed by atoms with Crippen molar-refractivity contribution in [3.8, 4) is 11.5 Å². The molecule has 35 heavy (non-hydrogen) atoms. The summed E-state index contributed by atoms with van der Waals surface area (Å²) in [5.74, 6) is -1.15. The molecule has 0 spiro atoms. The molecule has 1 saturated heterocycles. The third kappa shape index (κ3) is 4.28. The van der Waals surface area contributed by atoms with Gasteiger partial charge in [-0.2, -0.15) is 0 Å². The van der Waals surface area contributed by atoms with Crippen molar-refractivity contribution in [3.63, 3.8) is 0 Å². The lowest BCUT2D eigenvalue weighted by atomic mass is 9.93. The third-order valence-corrected chi connectivity index (χ3v) is 6.35. The maximum Gasteiger partial charge on any atom is 0.300 e. The van der Waals surface area contributed by atoms with E-state index in [2.05, 4.69) is 13.8 Å². The number of aromatic hydroxyl groups is 1. The molecule has 1 atom stereocenters. The van der Waals surface area contributed by atoms with E-state index in [9.17, 15) is 19.8 Å². The van der Waals surface area contributed by atoms with Crippen molar-refractivity contribution in [2.75, 3.05) is 12.0 Å². The number of amides is 1.